The average Bonchev–Trinajstić information content (AvgIpc) is 2.91. The molecule has 0 aliphatic heterocycles. The number of hydrazone groups is 1. The summed E-state index contributed by atoms with van der Waals surface area (Å²) in [5, 5.41) is 4.27. The molecule has 3 aromatic carbocycles. The lowest BCUT2D eigenvalue weighted by molar-refractivity contribution is -0.119. The maximum Gasteiger partial charge on any atom is 0.264 e. The lowest BCUT2D eigenvalue weighted by Crippen LogP contribution is -2.39. The molecule has 0 saturated heterocycles. The monoisotopic (exact) mass is 547 g/mol. The number of sulfonamides is 1. The van der Waals surface area contributed by atoms with E-state index >= 15 is 0 Å². The van der Waals surface area contributed by atoms with Crippen molar-refractivity contribution < 1.29 is 32.2 Å². The van der Waals surface area contributed by atoms with Gasteiger partial charge in [0.25, 0.3) is 15.9 Å². The van der Waals surface area contributed by atoms with E-state index in [0.29, 0.717) is 33.6 Å². The van der Waals surface area contributed by atoms with Crippen LogP contribution in [0.1, 0.15) is 5.56 Å². The summed E-state index contributed by atoms with van der Waals surface area (Å²) in [5.41, 5.74) is 3.06. The van der Waals surface area contributed by atoms with E-state index in [1.165, 1.54) is 71.1 Å². The van der Waals surface area contributed by atoms with E-state index in [-0.39, 0.29) is 10.6 Å². The van der Waals surface area contributed by atoms with E-state index in [2.05, 4.69) is 10.5 Å². The standard InChI is InChI=1S/C25H26ClN3O7S/c1-33-20-9-11-21(12-10-20)37(31,32)29(19-7-5-6-18(26)14-19)16-23(30)28-27-15-17-8-13-22(34-2)25(36-4)24(17)35-3/h5-15H,16H2,1-4H3,(H,28,30)/b27-15-. The molecule has 0 bridgehead atoms. The van der Waals surface area contributed by atoms with Crippen LogP contribution in [0.15, 0.2) is 70.7 Å². The van der Waals surface area contributed by atoms with Crippen molar-refractivity contribution in [3.05, 3.63) is 71.2 Å². The zero-order chi connectivity index (χ0) is 27.0. The Bertz CT molecular complexity index is 1380. The number of halogens is 1. The summed E-state index contributed by atoms with van der Waals surface area (Å²) in [6, 6.07) is 15.3. The van der Waals surface area contributed by atoms with Gasteiger partial charge in [-0.25, -0.2) is 13.8 Å². The minimum absolute atomic E-state index is 0.0281. The second-order valence-electron chi connectivity index (χ2n) is 7.38. The summed E-state index contributed by atoms with van der Waals surface area (Å²) >= 11 is 6.09. The van der Waals surface area contributed by atoms with Gasteiger partial charge in [0, 0.05) is 10.6 Å². The molecule has 0 saturated carbocycles. The quantitative estimate of drug-likeness (QED) is 0.287. The highest BCUT2D eigenvalue weighted by Crippen LogP contribution is 2.39. The molecule has 0 radical (unpaired) electrons. The van der Waals surface area contributed by atoms with Crippen molar-refractivity contribution in [2.45, 2.75) is 4.90 Å². The highest BCUT2D eigenvalue weighted by molar-refractivity contribution is 7.92. The van der Waals surface area contributed by atoms with Crippen LogP contribution in [-0.2, 0) is 14.8 Å². The summed E-state index contributed by atoms with van der Waals surface area (Å²) in [6.07, 6.45) is 1.35. The summed E-state index contributed by atoms with van der Waals surface area (Å²) in [7, 11) is 1.76. The fraction of sp³-hybridized carbons (Fsp3) is 0.200. The van der Waals surface area contributed by atoms with Crippen molar-refractivity contribution in [1.82, 2.24) is 5.43 Å². The molecule has 3 aromatic rings. The fourth-order valence-corrected chi connectivity index (χ4v) is 4.98. The molecule has 0 aromatic heterocycles. The van der Waals surface area contributed by atoms with Gasteiger partial charge in [-0.1, -0.05) is 17.7 Å². The second-order valence-corrected chi connectivity index (χ2v) is 9.68. The maximum absolute atomic E-state index is 13.5. The maximum atomic E-state index is 13.5. The van der Waals surface area contributed by atoms with E-state index < -0.39 is 22.5 Å². The van der Waals surface area contributed by atoms with Gasteiger partial charge in [0.05, 0.1) is 45.2 Å². The van der Waals surface area contributed by atoms with Crippen molar-refractivity contribution in [3.8, 4) is 23.0 Å². The van der Waals surface area contributed by atoms with Crippen LogP contribution in [0.25, 0.3) is 0 Å². The number of rotatable bonds is 11. The number of methoxy groups -OCH3 is 4. The van der Waals surface area contributed by atoms with Gasteiger partial charge in [-0.15, -0.1) is 0 Å². The average molecular weight is 548 g/mol. The molecule has 0 unspecified atom stereocenters. The van der Waals surface area contributed by atoms with E-state index in [9.17, 15) is 13.2 Å². The van der Waals surface area contributed by atoms with Gasteiger partial charge in [-0.3, -0.25) is 9.10 Å². The molecular weight excluding hydrogens is 522 g/mol. The first-order chi connectivity index (χ1) is 17.7. The number of carbonyl (C=O) groups is 1. The summed E-state index contributed by atoms with van der Waals surface area (Å²) in [5.74, 6) is 0.973. The molecule has 196 valence electrons. The number of nitrogens with zero attached hydrogens (tertiary/aromatic N) is 2. The third kappa shape index (κ3) is 6.43. The van der Waals surface area contributed by atoms with Crippen LogP contribution in [0.4, 0.5) is 5.69 Å². The SMILES string of the molecule is COc1ccc(S(=O)(=O)N(CC(=O)N/N=C\c2ccc(OC)c(OC)c2OC)c2cccc(Cl)c2)cc1. The Morgan fingerprint density at radius 1 is 0.946 bits per heavy atom. The molecule has 0 fully saturated rings. The smallest absolute Gasteiger partial charge is 0.264 e. The van der Waals surface area contributed by atoms with Crippen molar-refractivity contribution in [2.75, 3.05) is 39.3 Å². The first-order valence-corrected chi connectivity index (χ1v) is 12.6. The molecule has 1 amide bonds. The third-order valence-corrected chi connectivity index (χ3v) is 7.18. The van der Waals surface area contributed by atoms with Crippen LogP contribution in [0, 0.1) is 0 Å². The van der Waals surface area contributed by atoms with Crippen LogP contribution in [0.2, 0.25) is 5.02 Å². The molecule has 12 heteroatoms. The number of nitrogens with one attached hydrogen (secondary N) is 1. The Labute approximate surface area is 220 Å². The van der Waals surface area contributed by atoms with Crippen molar-refractivity contribution in [2.24, 2.45) is 5.10 Å². The summed E-state index contributed by atoms with van der Waals surface area (Å²) in [6.45, 7) is -0.560. The summed E-state index contributed by atoms with van der Waals surface area (Å²) in [4.78, 5) is 12.8. The van der Waals surface area contributed by atoms with E-state index in [1.807, 2.05) is 0 Å². The number of benzene rings is 3. The lowest BCUT2D eigenvalue weighted by Gasteiger charge is -2.24. The van der Waals surface area contributed by atoms with Crippen molar-refractivity contribution in [1.29, 1.82) is 0 Å². The molecule has 0 heterocycles. The molecule has 0 aliphatic carbocycles. The molecule has 3 rings (SSSR count). The minimum Gasteiger partial charge on any atom is -0.497 e. The Kier molecular flexibility index (Phi) is 9.20. The highest BCUT2D eigenvalue weighted by Gasteiger charge is 2.27. The number of carbonyl (C=O) groups excluding carboxylic acids is 1. The number of hydrogen-bond acceptors (Lipinski definition) is 8. The van der Waals surface area contributed by atoms with Crippen LogP contribution in [-0.4, -0.2) is 55.5 Å². The fourth-order valence-electron chi connectivity index (χ4n) is 3.39. The Hall–Kier alpha value is -3.96. The zero-order valence-electron chi connectivity index (χ0n) is 20.6. The van der Waals surface area contributed by atoms with Gasteiger partial charge < -0.3 is 18.9 Å². The van der Waals surface area contributed by atoms with Gasteiger partial charge in [0.1, 0.15) is 12.3 Å². The second kappa shape index (κ2) is 12.3. The minimum atomic E-state index is -4.14. The first kappa shape index (κ1) is 27.6. The number of hydrogen-bond donors (Lipinski definition) is 1. The van der Waals surface area contributed by atoms with Gasteiger partial charge in [-0.2, -0.15) is 5.10 Å². The van der Waals surface area contributed by atoms with Gasteiger partial charge in [-0.05, 0) is 54.6 Å². The Balaban J connectivity index is 1.86. The lowest BCUT2D eigenvalue weighted by atomic mass is 10.2. The largest absolute Gasteiger partial charge is 0.497 e. The van der Waals surface area contributed by atoms with Crippen LogP contribution in [0.5, 0.6) is 23.0 Å². The topological polar surface area (TPSA) is 116 Å². The zero-order valence-corrected chi connectivity index (χ0v) is 22.2. The van der Waals surface area contributed by atoms with Crippen LogP contribution >= 0.6 is 11.6 Å². The predicted molar refractivity (Wildman–Crippen MR) is 141 cm³/mol. The van der Waals surface area contributed by atoms with Gasteiger partial charge in [0.15, 0.2) is 11.5 Å². The number of amides is 1. The molecule has 0 aliphatic rings. The molecular formula is C25H26ClN3O7S. The Morgan fingerprint density at radius 2 is 1.65 bits per heavy atom. The van der Waals surface area contributed by atoms with Gasteiger partial charge in [0.2, 0.25) is 5.75 Å². The number of ether oxygens (including phenoxy) is 4. The Morgan fingerprint density at radius 3 is 2.24 bits per heavy atom. The molecule has 0 atom stereocenters. The molecule has 37 heavy (non-hydrogen) atoms. The van der Waals surface area contributed by atoms with Crippen molar-refractivity contribution in [3.63, 3.8) is 0 Å². The van der Waals surface area contributed by atoms with E-state index in [1.54, 1.807) is 24.3 Å². The van der Waals surface area contributed by atoms with Crippen LogP contribution < -0.4 is 28.7 Å². The molecule has 10 nitrogen and oxygen atoms in total. The molecule has 1 N–H and O–H groups in total. The number of anilines is 1. The van der Waals surface area contributed by atoms with E-state index in [4.69, 9.17) is 30.5 Å². The van der Waals surface area contributed by atoms with E-state index in [0.717, 1.165) is 4.31 Å². The normalized spacial score (nSPS) is 11.2. The van der Waals surface area contributed by atoms with Crippen molar-refractivity contribution >= 4 is 39.4 Å². The van der Waals surface area contributed by atoms with Gasteiger partial charge >= 0.3 is 0 Å². The first-order valence-electron chi connectivity index (χ1n) is 10.8. The highest BCUT2D eigenvalue weighted by atomic mass is 35.5. The predicted octanol–water partition coefficient (Wildman–Crippen LogP) is 3.72. The van der Waals surface area contributed by atoms with Crippen LogP contribution in [0.3, 0.4) is 0 Å². The third-order valence-electron chi connectivity index (χ3n) is 5.16. The summed E-state index contributed by atoms with van der Waals surface area (Å²) < 4.78 is 49.0. The molecule has 0 spiro atoms.